The third-order valence-corrected chi connectivity index (χ3v) is 3.87. The van der Waals surface area contributed by atoms with Gasteiger partial charge in [0.25, 0.3) is 0 Å². The molecule has 1 fully saturated rings. The Kier molecular flexibility index (Phi) is 2.49. The highest BCUT2D eigenvalue weighted by Gasteiger charge is 2.46. The van der Waals surface area contributed by atoms with Crippen LogP contribution in [0, 0.1) is 5.41 Å². The Bertz CT molecular complexity index is 452. The second-order valence-electron chi connectivity index (χ2n) is 5.07. The van der Waals surface area contributed by atoms with Crippen LogP contribution in [0.3, 0.4) is 0 Å². The van der Waals surface area contributed by atoms with Gasteiger partial charge in [0.2, 0.25) is 0 Å². The molecule has 0 amide bonds. The van der Waals surface area contributed by atoms with Gasteiger partial charge < -0.3 is 14.6 Å². The zero-order valence-electron chi connectivity index (χ0n) is 9.70. The van der Waals surface area contributed by atoms with Crippen LogP contribution < -0.4 is 9.47 Å². The minimum atomic E-state index is -0.602. The molecule has 1 aromatic rings. The summed E-state index contributed by atoms with van der Waals surface area (Å²) in [6, 6.07) is 3.52. The van der Waals surface area contributed by atoms with Gasteiger partial charge in [-0.05, 0) is 25.8 Å². The lowest BCUT2D eigenvalue weighted by molar-refractivity contribution is 0.194. The van der Waals surface area contributed by atoms with Gasteiger partial charge in [-0.3, -0.25) is 0 Å². The molecule has 1 unspecified atom stereocenters. The maximum absolute atomic E-state index is 9.61. The molecule has 1 spiro atoms. The summed E-state index contributed by atoms with van der Waals surface area (Å²) in [4.78, 5) is 0. The molecule has 1 saturated carbocycles. The molecule has 2 aliphatic rings. The zero-order valence-corrected chi connectivity index (χ0v) is 10.5. The first-order valence-corrected chi connectivity index (χ1v) is 6.25. The molecule has 1 aliphatic carbocycles. The Morgan fingerprint density at radius 1 is 1.24 bits per heavy atom. The van der Waals surface area contributed by atoms with E-state index < -0.39 is 6.10 Å². The number of aliphatic hydroxyl groups is 1. The van der Waals surface area contributed by atoms with Crippen molar-refractivity contribution in [3.8, 4) is 11.5 Å². The molecule has 0 aromatic heterocycles. The van der Waals surface area contributed by atoms with Gasteiger partial charge in [-0.15, -0.1) is 0 Å². The van der Waals surface area contributed by atoms with Crippen molar-refractivity contribution in [1.82, 2.24) is 0 Å². The van der Waals surface area contributed by atoms with Gasteiger partial charge in [0.15, 0.2) is 11.5 Å². The lowest BCUT2D eigenvalue weighted by atomic mass is 10.1. The quantitative estimate of drug-likeness (QED) is 0.838. The first-order chi connectivity index (χ1) is 8.10. The number of fused-ring (bicyclic) bond motifs is 1. The van der Waals surface area contributed by atoms with Crippen molar-refractivity contribution in [3.05, 3.63) is 22.7 Å². The molecule has 1 N–H and O–H groups in total. The largest absolute Gasteiger partial charge is 0.489 e. The smallest absolute Gasteiger partial charge is 0.162 e. The van der Waals surface area contributed by atoms with Crippen molar-refractivity contribution in [2.45, 2.75) is 25.9 Å². The van der Waals surface area contributed by atoms with E-state index >= 15 is 0 Å². The molecular weight excluding hydrogens is 240 g/mol. The molecule has 0 saturated heterocycles. The summed E-state index contributed by atoms with van der Waals surface area (Å²) in [6.07, 6.45) is 1.73. The monoisotopic (exact) mass is 254 g/mol. The van der Waals surface area contributed by atoms with Crippen molar-refractivity contribution >= 4 is 11.6 Å². The van der Waals surface area contributed by atoms with Crippen LogP contribution in [0.4, 0.5) is 0 Å². The fourth-order valence-electron chi connectivity index (χ4n) is 2.07. The van der Waals surface area contributed by atoms with Crippen LogP contribution in [-0.2, 0) is 0 Å². The summed E-state index contributed by atoms with van der Waals surface area (Å²) >= 11 is 6.10. The molecule has 4 heteroatoms. The number of aliphatic hydroxyl groups excluding tert-OH is 1. The van der Waals surface area contributed by atoms with Crippen LogP contribution in [0.15, 0.2) is 12.1 Å². The number of ether oxygens (including phenoxy) is 2. The first-order valence-electron chi connectivity index (χ1n) is 5.87. The summed E-state index contributed by atoms with van der Waals surface area (Å²) < 4.78 is 11.5. The Labute approximate surface area is 105 Å². The standard InChI is InChI=1S/C13H15ClO3/c1-8(15)9-4-11-12(5-10(9)14)17-7-13(2-3-13)6-16-11/h4-5,8,15H,2-3,6-7H2,1H3. The number of rotatable bonds is 1. The van der Waals surface area contributed by atoms with Crippen molar-refractivity contribution in [1.29, 1.82) is 0 Å². The van der Waals surface area contributed by atoms with Crippen molar-refractivity contribution < 1.29 is 14.6 Å². The van der Waals surface area contributed by atoms with E-state index in [1.807, 2.05) is 0 Å². The average molecular weight is 255 g/mol. The van der Waals surface area contributed by atoms with Gasteiger partial charge in [0.05, 0.1) is 24.3 Å². The third-order valence-electron chi connectivity index (χ3n) is 3.54. The SMILES string of the molecule is CC(O)c1cc2c(cc1Cl)OCC1(CC1)CO2. The number of halogens is 1. The highest BCUT2D eigenvalue weighted by atomic mass is 35.5. The van der Waals surface area contributed by atoms with Crippen molar-refractivity contribution in [3.63, 3.8) is 0 Å². The minimum Gasteiger partial charge on any atom is -0.489 e. The van der Waals surface area contributed by atoms with Crippen LogP contribution in [0.1, 0.15) is 31.4 Å². The summed E-state index contributed by atoms with van der Waals surface area (Å²) in [7, 11) is 0. The van der Waals surface area contributed by atoms with Crippen LogP contribution in [0.5, 0.6) is 11.5 Å². The number of hydrogen-bond acceptors (Lipinski definition) is 3. The van der Waals surface area contributed by atoms with Gasteiger partial charge in [-0.1, -0.05) is 11.6 Å². The van der Waals surface area contributed by atoms with Gasteiger partial charge >= 0.3 is 0 Å². The van der Waals surface area contributed by atoms with Crippen LogP contribution in [-0.4, -0.2) is 18.3 Å². The Morgan fingerprint density at radius 3 is 2.35 bits per heavy atom. The van der Waals surface area contributed by atoms with Crippen LogP contribution in [0.25, 0.3) is 0 Å². The molecule has 3 nitrogen and oxygen atoms in total. The van der Waals surface area contributed by atoms with Crippen molar-refractivity contribution in [2.24, 2.45) is 5.41 Å². The summed E-state index contributed by atoms with van der Waals surface area (Å²) in [5.41, 5.74) is 0.900. The molecule has 17 heavy (non-hydrogen) atoms. The number of hydrogen-bond donors (Lipinski definition) is 1. The number of benzene rings is 1. The zero-order chi connectivity index (χ0) is 12.0. The summed E-state index contributed by atoms with van der Waals surface area (Å²) in [6.45, 7) is 3.08. The van der Waals surface area contributed by atoms with E-state index in [1.54, 1.807) is 19.1 Å². The predicted molar refractivity (Wildman–Crippen MR) is 64.7 cm³/mol. The van der Waals surface area contributed by atoms with E-state index in [0.717, 1.165) is 12.8 Å². The lowest BCUT2D eigenvalue weighted by Crippen LogP contribution is -2.17. The molecule has 0 bridgehead atoms. The third kappa shape index (κ3) is 1.98. The fraction of sp³-hybridized carbons (Fsp3) is 0.538. The Hall–Kier alpha value is -0.930. The van der Waals surface area contributed by atoms with E-state index in [0.29, 0.717) is 35.3 Å². The molecule has 3 rings (SSSR count). The molecule has 1 aromatic carbocycles. The second-order valence-corrected chi connectivity index (χ2v) is 5.48. The minimum absolute atomic E-state index is 0.219. The van der Waals surface area contributed by atoms with E-state index in [9.17, 15) is 5.11 Å². The Balaban J connectivity index is 1.95. The lowest BCUT2D eigenvalue weighted by Gasteiger charge is -2.12. The van der Waals surface area contributed by atoms with Gasteiger partial charge in [0, 0.05) is 17.0 Å². The van der Waals surface area contributed by atoms with E-state index in [4.69, 9.17) is 21.1 Å². The summed E-state index contributed by atoms with van der Waals surface area (Å²) in [5.74, 6) is 1.37. The van der Waals surface area contributed by atoms with Gasteiger partial charge in [-0.2, -0.15) is 0 Å². The van der Waals surface area contributed by atoms with E-state index in [-0.39, 0.29) is 5.41 Å². The van der Waals surface area contributed by atoms with Gasteiger partial charge in [-0.25, -0.2) is 0 Å². The summed E-state index contributed by atoms with van der Waals surface area (Å²) in [5, 5.41) is 10.1. The average Bonchev–Trinajstić information content (AvgIpc) is 3.07. The Morgan fingerprint density at radius 2 is 1.82 bits per heavy atom. The maximum atomic E-state index is 9.61. The maximum Gasteiger partial charge on any atom is 0.162 e. The molecular formula is C13H15ClO3. The fourth-order valence-corrected chi connectivity index (χ4v) is 2.38. The van der Waals surface area contributed by atoms with Crippen LogP contribution in [0.2, 0.25) is 5.02 Å². The topological polar surface area (TPSA) is 38.7 Å². The predicted octanol–water partition coefficient (Wildman–Crippen LogP) is 2.94. The van der Waals surface area contributed by atoms with Crippen LogP contribution >= 0.6 is 11.6 Å². The molecule has 1 aliphatic heterocycles. The molecule has 0 radical (unpaired) electrons. The first kappa shape index (κ1) is 11.2. The normalized spacial score (nSPS) is 22.1. The highest BCUT2D eigenvalue weighted by molar-refractivity contribution is 6.31. The molecule has 1 atom stereocenters. The van der Waals surface area contributed by atoms with Crippen molar-refractivity contribution in [2.75, 3.05) is 13.2 Å². The van der Waals surface area contributed by atoms with Gasteiger partial charge in [0.1, 0.15) is 0 Å². The molecule has 1 heterocycles. The van der Waals surface area contributed by atoms with E-state index in [1.165, 1.54) is 0 Å². The van der Waals surface area contributed by atoms with E-state index in [2.05, 4.69) is 0 Å². The molecule has 92 valence electrons. The second kappa shape index (κ2) is 3.79. The highest BCUT2D eigenvalue weighted by Crippen LogP contribution is 2.49.